The van der Waals surface area contributed by atoms with Gasteiger partial charge in [0, 0.05) is 21.7 Å². The molecule has 40 heavy (non-hydrogen) atoms. The molecule has 8 rings (SSSR count). The second-order valence-electron chi connectivity index (χ2n) is 9.84. The first-order chi connectivity index (χ1) is 19.8. The van der Waals surface area contributed by atoms with Gasteiger partial charge in [-0.2, -0.15) is 0 Å². The quantitative estimate of drug-likeness (QED) is 0.234. The van der Waals surface area contributed by atoms with Crippen LogP contribution in [0.15, 0.2) is 142 Å². The molecule has 0 aliphatic carbocycles. The monoisotopic (exact) mass is 514 g/mol. The third-order valence-electron chi connectivity index (χ3n) is 7.31. The van der Waals surface area contributed by atoms with E-state index in [1.165, 1.54) is 0 Å². The van der Waals surface area contributed by atoms with E-state index in [1.54, 1.807) is 0 Å². The van der Waals surface area contributed by atoms with Gasteiger partial charge in [-0.1, -0.05) is 97.1 Å². The van der Waals surface area contributed by atoms with E-state index in [4.69, 9.17) is 18.8 Å². The lowest BCUT2D eigenvalue weighted by Crippen LogP contribution is -1.96. The molecule has 0 atom stereocenters. The van der Waals surface area contributed by atoms with E-state index in [-0.39, 0.29) is 0 Å². The van der Waals surface area contributed by atoms with Crippen LogP contribution < -0.4 is 0 Å². The van der Waals surface area contributed by atoms with Crippen molar-refractivity contribution in [2.45, 2.75) is 0 Å². The molecule has 0 N–H and O–H groups in total. The Kier molecular flexibility index (Phi) is 5.10. The van der Waals surface area contributed by atoms with Gasteiger partial charge in [-0.15, -0.1) is 0 Å². The third kappa shape index (κ3) is 3.77. The first kappa shape index (κ1) is 22.5. The molecule has 188 valence electrons. The maximum atomic E-state index is 6.35. The van der Waals surface area contributed by atoms with Crippen molar-refractivity contribution in [3.05, 3.63) is 133 Å². The molecule has 0 bridgehead atoms. The number of para-hydroxylation sites is 3. The summed E-state index contributed by atoms with van der Waals surface area (Å²) in [4.78, 5) is 10.1. The molecule has 0 spiro atoms. The van der Waals surface area contributed by atoms with Crippen LogP contribution in [-0.2, 0) is 0 Å². The van der Waals surface area contributed by atoms with E-state index in [9.17, 15) is 0 Å². The highest BCUT2D eigenvalue weighted by Crippen LogP contribution is 2.37. The Bertz CT molecular complexity index is 2140. The SMILES string of the molecule is c1ccc(-c2cccc(-c3cc(-c4cc5ccccc5o4)nc(-c4cccc5c4oc4ccccc45)n3)c2)cc1. The summed E-state index contributed by atoms with van der Waals surface area (Å²) < 4.78 is 12.6. The van der Waals surface area contributed by atoms with Gasteiger partial charge in [0.25, 0.3) is 0 Å². The van der Waals surface area contributed by atoms with E-state index >= 15 is 0 Å². The molecular formula is C36H22N2O2. The number of fused-ring (bicyclic) bond motifs is 4. The molecule has 0 fully saturated rings. The maximum absolute atomic E-state index is 6.35. The Morgan fingerprint density at radius 3 is 2.05 bits per heavy atom. The first-order valence-corrected chi connectivity index (χ1v) is 13.2. The fourth-order valence-corrected chi connectivity index (χ4v) is 5.36. The van der Waals surface area contributed by atoms with Crippen LogP contribution in [0.1, 0.15) is 0 Å². The van der Waals surface area contributed by atoms with Crippen molar-refractivity contribution in [1.29, 1.82) is 0 Å². The summed E-state index contributed by atoms with van der Waals surface area (Å²) >= 11 is 0. The number of furan rings is 2. The predicted octanol–water partition coefficient (Wildman–Crippen LogP) is 9.79. The van der Waals surface area contributed by atoms with Gasteiger partial charge in [0.1, 0.15) is 22.4 Å². The van der Waals surface area contributed by atoms with E-state index in [2.05, 4.69) is 60.7 Å². The minimum Gasteiger partial charge on any atom is -0.455 e. The molecule has 0 saturated heterocycles. The van der Waals surface area contributed by atoms with Gasteiger partial charge in [-0.3, -0.25) is 0 Å². The zero-order valence-corrected chi connectivity index (χ0v) is 21.4. The number of nitrogens with zero attached hydrogens (tertiary/aromatic N) is 2. The summed E-state index contributed by atoms with van der Waals surface area (Å²) in [6, 6.07) is 45.1. The summed E-state index contributed by atoms with van der Waals surface area (Å²) in [7, 11) is 0. The minimum absolute atomic E-state index is 0.586. The molecule has 0 saturated carbocycles. The fraction of sp³-hybridized carbons (Fsp3) is 0. The van der Waals surface area contributed by atoms with Crippen LogP contribution in [0.25, 0.3) is 78.1 Å². The number of hydrogen-bond acceptors (Lipinski definition) is 4. The van der Waals surface area contributed by atoms with Crippen molar-refractivity contribution < 1.29 is 8.83 Å². The van der Waals surface area contributed by atoms with E-state index in [1.807, 2.05) is 72.8 Å². The van der Waals surface area contributed by atoms with Gasteiger partial charge in [0.15, 0.2) is 11.6 Å². The molecule has 0 aliphatic rings. The van der Waals surface area contributed by atoms with Crippen molar-refractivity contribution in [2.75, 3.05) is 0 Å². The standard InChI is InChI=1S/C36H22N2O2/c1-2-10-23(11-3-1)24-13-8-14-25(20-24)30-22-31(34-21-26-12-4-6-18-32(26)39-34)38-36(37-30)29-17-9-16-28-27-15-5-7-19-33(27)40-35(28)29/h1-22H. The zero-order valence-electron chi connectivity index (χ0n) is 21.4. The van der Waals surface area contributed by atoms with Crippen LogP contribution in [0.3, 0.4) is 0 Å². The van der Waals surface area contributed by atoms with Crippen molar-refractivity contribution >= 4 is 32.9 Å². The van der Waals surface area contributed by atoms with Gasteiger partial charge in [0.2, 0.25) is 0 Å². The Morgan fingerprint density at radius 2 is 1.15 bits per heavy atom. The number of hydrogen-bond donors (Lipinski definition) is 0. The second-order valence-corrected chi connectivity index (χ2v) is 9.84. The summed E-state index contributed by atoms with van der Waals surface area (Å²) in [5.41, 5.74) is 8.09. The second kappa shape index (κ2) is 9.07. The number of aromatic nitrogens is 2. The van der Waals surface area contributed by atoms with Crippen LogP contribution in [0.2, 0.25) is 0 Å². The molecular weight excluding hydrogens is 492 g/mol. The third-order valence-corrected chi connectivity index (χ3v) is 7.31. The molecule has 0 radical (unpaired) electrons. The zero-order chi connectivity index (χ0) is 26.5. The van der Waals surface area contributed by atoms with Crippen LogP contribution >= 0.6 is 0 Å². The largest absolute Gasteiger partial charge is 0.455 e. The molecule has 3 aromatic heterocycles. The van der Waals surface area contributed by atoms with E-state index < -0.39 is 0 Å². The molecule has 5 aromatic carbocycles. The van der Waals surface area contributed by atoms with Crippen LogP contribution in [0, 0.1) is 0 Å². The first-order valence-electron chi connectivity index (χ1n) is 13.2. The molecule has 0 amide bonds. The molecule has 8 aromatic rings. The highest BCUT2D eigenvalue weighted by molar-refractivity contribution is 6.09. The minimum atomic E-state index is 0.586. The number of benzene rings is 5. The van der Waals surface area contributed by atoms with E-state index in [0.717, 1.165) is 66.5 Å². The van der Waals surface area contributed by atoms with Gasteiger partial charge < -0.3 is 8.83 Å². The normalized spacial score (nSPS) is 11.5. The summed E-state index contributed by atoms with van der Waals surface area (Å²) in [6.45, 7) is 0. The maximum Gasteiger partial charge on any atom is 0.164 e. The van der Waals surface area contributed by atoms with Crippen molar-refractivity contribution in [3.8, 4) is 45.2 Å². The van der Waals surface area contributed by atoms with Crippen LogP contribution in [0.4, 0.5) is 0 Å². The number of rotatable bonds is 4. The van der Waals surface area contributed by atoms with Gasteiger partial charge >= 0.3 is 0 Å². The van der Waals surface area contributed by atoms with Crippen molar-refractivity contribution in [2.24, 2.45) is 0 Å². The highest BCUT2D eigenvalue weighted by Gasteiger charge is 2.18. The van der Waals surface area contributed by atoms with E-state index in [0.29, 0.717) is 11.6 Å². The lowest BCUT2D eigenvalue weighted by atomic mass is 10.0. The Morgan fingerprint density at radius 1 is 0.450 bits per heavy atom. The Labute approximate surface area is 230 Å². The summed E-state index contributed by atoms with van der Waals surface area (Å²) in [6.07, 6.45) is 0. The van der Waals surface area contributed by atoms with Gasteiger partial charge in [0.05, 0.1) is 11.3 Å². The lowest BCUT2D eigenvalue weighted by molar-refractivity contribution is 0.628. The van der Waals surface area contributed by atoms with Crippen molar-refractivity contribution in [3.63, 3.8) is 0 Å². The average molecular weight is 515 g/mol. The predicted molar refractivity (Wildman–Crippen MR) is 161 cm³/mol. The van der Waals surface area contributed by atoms with Crippen molar-refractivity contribution in [1.82, 2.24) is 9.97 Å². The molecule has 4 nitrogen and oxygen atoms in total. The molecule has 0 aliphatic heterocycles. The highest BCUT2D eigenvalue weighted by atomic mass is 16.3. The van der Waals surface area contributed by atoms with Crippen LogP contribution in [-0.4, -0.2) is 9.97 Å². The molecule has 0 unspecified atom stereocenters. The lowest BCUT2D eigenvalue weighted by Gasteiger charge is -2.10. The molecule has 4 heteroatoms. The molecule has 3 heterocycles. The topological polar surface area (TPSA) is 52.1 Å². The fourth-order valence-electron chi connectivity index (χ4n) is 5.36. The summed E-state index contributed by atoms with van der Waals surface area (Å²) in [5.74, 6) is 1.28. The average Bonchev–Trinajstić information content (AvgIpc) is 3.63. The Balaban J connectivity index is 1.36. The van der Waals surface area contributed by atoms with Gasteiger partial charge in [-0.25, -0.2) is 9.97 Å². The smallest absolute Gasteiger partial charge is 0.164 e. The summed E-state index contributed by atoms with van der Waals surface area (Å²) in [5, 5.41) is 3.15. The Hall–Kier alpha value is -5.48. The van der Waals surface area contributed by atoms with Crippen LogP contribution in [0.5, 0.6) is 0 Å². The van der Waals surface area contributed by atoms with Gasteiger partial charge in [-0.05, 0) is 47.5 Å².